The summed E-state index contributed by atoms with van der Waals surface area (Å²) >= 11 is 1.55. The minimum atomic E-state index is -0.657. The van der Waals surface area contributed by atoms with E-state index in [1.54, 1.807) is 11.3 Å². The topological polar surface area (TPSA) is 88.1 Å². The van der Waals surface area contributed by atoms with Crippen molar-refractivity contribution in [3.63, 3.8) is 0 Å². The van der Waals surface area contributed by atoms with Crippen LogP contribution in [0.1, 0.15) is 24.6 Å². The summed E-state index contributed by atoms with van der Waals surface area (Å²) in [6, 6.07) is 3.18. The van der Waals surface area contributed by atoms with Crippen LogP contribution in [0.3, 0.4) is 0 Å². The highest BCUT2D eigenvalue weighted by Crippen LogP contribution is 2.18. The number of nitrogens with one attached hydrogen (secondary N) is 1. The predicted octanol–water partition coefficient (Wildman–Crippen LogP) is 0.947. The van der Waals surface area contributed by atoms with Crippen LogP contribution in [-0.2, 0) is 25.8 Å². The third kappa shape index (κ3) is 4.62. The number of hydrogen-bond donors (Lipinski definition) is 1. The van der Waals surface area contributed by atoms with Crippen LogP contribution in [0.25, 0.3) is 0 Å². The molecule has 1 atom stereocenters. The fourth-order valence-electron chi connectivity index (χ4n) is 2.42. The number of likely N-dealkylation sites (tertiary alicyclic amines) is 1. The van der Waals surface area contributed by atoms with E-state index in [2.05, 4.69) is 10.5 Å². The first kappa shape index (κ1) is 17.1. The van der Waals surface area contributed by atoms with E-state index in [-0.39, 0.29) is 30.6 Å². The molecule has 1 fully saturated rings. The SMILES string of the molecule is CON=C1CC(C(=O)NCc2cccs2)N(C(=O)CC(C)=O)C1. The largest absolute Gasteiger partial charge is 0.399 e. The van der Waals surface area contributed by atoms with Gasteiger partial charge in [0.25, 0.3) is 0 Å². The summed E-state index contributed by atoms with van der Waals surface area (Å²) < 4.78 is 0. The van der Waals surface area contributed by atoms with Gasteiger partial charge in [-0.1, -0.05) is 11.2 Å². The molecule has 0 saturated carbocycles. The second-order valence-corrected chi connectivity index (χ2v) is 6.29. The van der Waals surface area contributed by atoms with Crippen LogP contribution in [0, 0.1) is 0 Å². The van der Waals surface area contributed by atoms with Crippen LogP contribution in [0.2, 0.25) is 0 Å². The molecule has 0 aromatic carbocycles. The Morgan fingerprint density at radius 2 is 2.26 bits per heavy atom. The molecule has 2 amide bonds. The number of carbonyl (C=O) groups excluding carboxylic acids is 3. The first-order valence-corrected chi connectivity index (χ1v) is 8.07. The van der Waals surface area contributed by atoms with Crippen LogP contribution in [0.4, 0.5) is 0 Å². The van der Waals surface area contributed by atoms with Gasteiger partial charge in [-0.05, 0) is 18.4 Å². The first-order chi connectivity index (χ1) is 11.0. The minimum absolute atomic E-state index is 0.205. The van der Waals surface area contributed by atoms with E-state index in [1.165, 1.54) is 18.9 Å². The molecule has 23 heavy (non-hydrogen) atoms. The lowest BCUT2D eigenvalue weighted by Gasteiger charge is -2.22. The lowest BCUT2D eigenvalue weighted by molar-refractivity contribution is -0.140. The maximum atomic E-state index is 12.4. The van der Waals surface area contributed by atoms with Crippen molar-refractivity contribution in [3.05, 3.63) is 22.4 Å². The molecular formula is C15H19N3O4S. The summed E-state index contributed by atoms with van der Waals surface area (Å²) in [5.41, 5.74) is 0.612. The van der Waals surface area contributed by atoms with Crippen LogP contribution in [0.5, 0.6) is 0 Å². The monoisotopic (exact) mass is 337 g/mol. The zero-order chi connectivity index (χ0) is 16.8. The second kappa shape index (κ2) is 7.87. The van der Waals surface area contributed by atoms with Crippen molar-refractivity contribution in [1.82, 2.24) is 10.2 Å². The molecule has 0 spiro atoms. The highest BCUT2D eigenvalue weighted by atomic mass is 32.1. The molecule has 2 heterocycles. The maximum absolute atomic E-state index is 12.4. The lowest BCUT2D eigenvalue weighted by Crippen LogP contribution is -2.46. The number of rotatable bonds is 6. The Morgan fingerprint density at radius 1 is 1.48 bits per heavy atom. The normalized spacial score (nSPS) is 19.0. The maximum Gasteiger partial charge on any atom is 0.243 e. The van der Waals surface area contributed by atoms with Crippen molar-refractivity contribution < 1.29 is 19.2 Å². The van der Waals surface area contributed by atoms with Crippen molar-refractivity contribution in [2.75, 3.05) is 13.7 Å². The molecule has 0 aliphatic carbocycles. The smallest absolute Gasteiger partial charge is 0.243 e. The average molecular weight is 337 g/mol. The molecule has 1 aliphatic rings. The molecule has 1 aromatic rings. The number of hydrogen-bond acceptors (Lipinski definition) is 6. The van der Waals surface area contributed by atoms with Gasteiger partial charge in [-0.2, -0.15) is 0 Å². The summed E-state index contributed by atoms with van der Waals surface area (Å²) in [7, 11) is 1.42. The van der Waals surface area contributed by atoms with E-state index >= 15 is 0 Å². The van der Waals surface area contributed by atoms with Gasteiger partial charge in [0, 0.05) is 11.3 Å². The third-order valence-electron chi connectivity index (χ3n) is 3.42. The van der Waals surface area contributed by atoms with Crippen LogP contribution in [-0.4, -0.2) is 47.9 Å². The van der Waals surface area contributed by atoms with Gasteiger partial charge in [-0.3, -0.25) is 14.4 Å². The number of oxime groups is 1. The number of carbonyl (C=O) groups is 3. The Labute approximate surface area is 138 Å². The van der Waals surface area contributed by atoms with Crippen molar-refractivity contribution in [1.29, 1.82) is 0 Å². The van der Waals surface area contributed by atoms with Crippen molar-refractivity contribution >= 4 is 34.6 Å². The van der Waals surface area contributed by atoms with Gasteiger partial charge in [0.15, 0.2) is 0 Å². The zero-order valence-electron chi connectivity index (χ0n) is 13.1. The van der Waals surface area contributed by atoms with E-state index in [9.17, 15) is 14.4 Å². The molecule has 2 rings (SSSR count). The first-order valence-electron chi connectivity index (χ1n) is 7.19. The quantitative estimate of drug-likeness (QED) is 0.618. The molecular weight excluding hydrogens is 318 g/mol. The highest BCUT2D eigenvalue weighted by Gasteiger charge is 2.38. The summed E-state index contributed by atoms with van der Waals surface area (Å²) in [5, 5.41) is 8.60. The van der Waals surface area contributed by atoms with Gasteiger partial charge >= 0.3 is 0 Å². The van der Waals surface area contributed by atoms with Crippen molar-refractivity contribution in [2.45, 2.75) is 32.4 Å². The molecule has 1 aromatic heterocycles. The zero-order valence-corrected chi connectivity index (χ0v) is 13.9. The minimum Gasteiger partial charge on any atom is -0.399 e. The standard InChI is InChI=1S/C15H19N3O4S/c1-10(19)6-14(20)18-9-11(17-22-2)7-13(18)15(21)16-8-12-4-3-5-23-12/h3-5,13H,6-9H2,1-2H3,(H,16,21). The van der Waals surface area contributed by atoms with Gasteiger partial charge in [0.05, 0.1) is 25.2 Å². The molecule has 8 heteroatoms. The van der Waals surface area contributed by atoms with Crippen molar-refractivity contribution in [3.8, 4) is 0 Å². The summed E-state index contributed by atoms with van der Waals surface area (Å²) in [5.74, 6) is -0.850. The average Bonchev–Trinajstić information content (AvgIpc) is 3.13. The van der Waals surface area contributed by atoms with E-state index in [0.29, 0.717) is 18.7 Å². The van der Waals surface area contributed by atoms with Gasteiger partial charge in [-0.15, -0.1) is 11.3 Å². The fraction of sp³-hybridized carbons (Fsp3) is 0.467. The summed E-state index contributed by atoms with van der Waals surface area (Å²) in [4.78, 5) is 42.9. The van der Waals surface area contributed by atoms with E-state index in [0.717, 1.165) is 4.88 Å². The fourth-order valence-corrected chi connectivity index (χ4v) is 3.06. The number of ketones is 1. The number of thiophene rings is 1. The second-order valence-electron chi connectivity index (χ2n) is 5.26. The predicted molar refractivity (Wildman–Crippen MR) is 86.0 cm³/mol. The number of Topliss-reactive ketones (excluding diaryl/α,β-unsaturated/α-hetero) is 1. The van der Waals surface area contributed by atoms with Crippen LogP contribution >= 0.6 is 11.3 Å². The Hall–Kier alpha value is -2.22. The van der Waals surface area contributed by atoms with Crippen LogP contribution in [0.15, 0.2) is 22.7 Å². The highest BCUT2D eigenvalue weighted by molar-refractivity contribution is 7.09. The van der Waals surface area contributed by atoms with Crippen molar-refractivity contribution in [2.24, 2.45) is 5.16 Å². The molecule has 0 bridgehead atoms. The Bertz CT molecular complexity index is 612. The molecule has 1 unspecified atom stereocenters. The summed E-state index contributed by atoms with van der Waals surface area (Å²) in [6.07, 6.45) is 0.0999. The van der Waals surface area contributed by atoms with Gasteiger partial charge in [0.2, 0.25) is 11.8 Å². The molecule has 1 aliphatic heterocycles. The molecule has 0 radical (unpaired) electrons. The lowest BCUT2D eigenvalue weighted by atomic mass is 10.2. The number of nitrogens with zero attached hydrogens (tertiary/aromatic N) is 2. The van der Waals surface area contributed by atoms with E-state index in [4.69, 9.17) is 4.84 Å². The van der Waals surface area contributed by atoms with Gasteiger partial charge in [-0.25, -0.2) is 0 Å². The van der Waals surface area contributed by atoms with Gasteiger partial charge < -0.3 is 15.1 Å². The molecule has 7 nitrogen and oxygen atoms in total. The Balaban J connectivity index is 2.05. The molecule has 1 saturated heterocycles. The Morgan fingerprint density at radius 3 is 2.87 bits per heavy atom. The van der Waals surface area contributed by atoms with E-state index in [1.807, 2.05) is 17.5 Å². The van der Waals surface area contributed by atoms with Gasteiger partial charge in [0.1, 0.15) is 18.9 Å². The molecule has 124 valence electrons. The molecule has 1 N–H and O–H groups in total. The Kier molecular flexibility index (Phi) is 5.86. The summed E-state index contributed by atoms with van der Waals surface area (Å²) in [6.45, 7) is 1.97. The number of amides is 2. The third-order valence-corrected chi connectivity index (χ3v) is 4.29. The van der Waals surface area contributed by atoms with Crippen LogP contribution < -0.4 is 5.32 Å². The van der Waals surface area contributed by atoms with E-state index < -0.39 is 6.04 Å².